The van der Waals surface area contributed by atoms with Gasteiger partial charge in [-0.25, -0.2) is 4.98 Å². The predicted molar refractivity (Wildman–Crippen MR) is 138 cm³/mol. The van der Waals surface area contributed by atoms with Gasteiger partial charge in [-0.05, 0) is 42.4 Å². The Balaban J connectivity index is 1.54. The van der Waals surface area contributed by atoms with E-state index in [0.717, 1.165) is 30.4 Å². The third-order valence-electron chi connectivity index (χ3n) is 6.36. The van der Waals surface area contributed by atoms with Crippen molar-refractivity contribution in [3.8, 4) is 22.5 Å². The molecule has 0 spiro atoms. The molecule has 2 aromatic carbocycles. The fourth-order valence-electron chi connectivity index (χ4n) is 4.22. The van der Waals surface area contributed by atoms with Crippen LogP contribution in [-0.4, -0.2) is 9.97 Å². The molecule has 3 rings (SSSR count). The topological polar surface area (TPSA) is 25.8 Å². The van der Waals surface area contributed by atoms with E-state index in [1.807, 2.05) is 12.1 Å². The van der Waals surface area contributed by atoms with Gasteiger partial charge in [-0.3, -0.25) is 0 Å². The van der Waals surface area contributed by atoms with Crippen LogP contribution >= 0.6 is 0 Å². The number of rotatable bonds is 14. The van der Waals surface area contributed by atoms with Gasteiger partial charge >= 0.3 is 0 Å². The van der Waals surface area contributed by atoms with Crippen LogP contribution in [0.25, 0.3) is 22.5 Å². The van der Waals surface area contributed by atoms with Gasteiger partial charge in [-0.1, -0.05) is 114 Å². The van der Waals surface area contributed by atoms with Gasteiger partial charge in [0.25, 0.3) is 0 Å². The Bertz CT molecular complexity index is 948. The molecular weight excluding hydrogens is 407 g/mol. The number of unbranched alkanes of at least 4 members (excludes halogenated alkanes) is 8. The van der Waals surface area contributed by atoms with Crippen molar-refractivity contribution in [2.24, 2.45) is 0 Å². The quantitative estimate of drug-likeness (QED) is 0.182. The standard InChI is InChI=1S/C30H39FN2/c1-3-5-7-8-9-10-12-14-28-23-32-30(33-29(28)31)27-21-19-26(20-22-27)25-17-15-24(16-18-25)13-11-6-4-2/h15-23H,3-14H2,1-2H3. The summed E-state index contributed by atoms with van der Waals surface area (Å²) in [6.45, 7) is 4.46. The lowest BCUT2D eigenvalue weighted by atomic mass is 10.0. The Morgan fingerprint density at radius 2 is 1.12 bits per heavy atom. The lowest BCUT2D eigenvalue weighted by molar-refractivity contribution is 0.547. The second-order valence-electron chi connectivity index (χ2n) is 9.11. The molecular formula is C30H39FN2. The average Bonchev–Trinajstić information content (AvgIpc) is 2.85. The van der Waals surface area contributed by atoms with E-state index in [-0.39, 0.29) is 5.95 Å². The predicted octanol–water partition coefficient (Wildman–Crippen LogP) is 8.98. The van der Waals surface area contributed by atoms with Crippen LogP contribution in [0.2, 0.25) is 0 Å². The summed E-state index contributed by atoms with van der Waals surface area (Å²) in [6, 6.07) is 16.9. The van der Waals surface area contributed by atoms with E-state index in [1.54, 1.807) is 6.20 Å². The number of benzene rings is 2. The molecule has 0 aliphatic carbocycles. The Kier molecular flexibility index (Phi) is 10.5. The van der Waals surface area contributed by atoms with Crippen LogP contribution in [0.1, 0.15) is 89.2 Å². The summed E-state index contributed by atoms with van der Waals surface area (Å²) in [5.74, 6) is 0.0716. The number of aromatic nitrogens is 2. The minimum atomic E-state index is -0.381. The van der Waals surface area contributed by atoms with Gasteiger partial charge in [0.15, 0.2) is 5.82 Å². The maximum Gasteiger partial charge on any atom is 0.219 e. The minimum absolute atomic E-state index is 0.381. The SMILES string of the molecule is CCCCCCCCCc1cnc(-c2ccc(-c3ccc(CCCCC)cc3)cc2)nc1F. The lowest BCUT2D eigenvalue weighted by Crippen LogP contribution is -1.99. The number of hydrogen-bond acceptors (Lipinski definition) is 2. The largest absolute Gasteiger partial charge is 0.236 e. The normalized spacial score (nSPS) is 11.1. The van der Waals surface area contributed by atoms with Gasteiger partial charge in [-0.15, -0.1) is 0 Å². The Hall–Kier alpha value is -2.55. The molecule has 3 heteroatoms. The van der Waals surface area contributed by atoms with E-state index in [9.17, 15) is 4.39 Å². The maximum absolute atomic E-state index is 14.6. The number of halogens is 1. The monoisotopic (exact) mass is 446 g/mol. The summed E-state index contributed by atoms with van der Waals surface area (Å²) in [5, 5.41) is 0. The molecule has 0 saturated carbocycles. The molecule has 1 aromatic heterocycles. The molecule has 33 heavy (non-hydrogen) atoms. The Morgan fingerprint density at radius 3 is 1.76 bits per heavy atom. The number of nitrogens with zero attached hydrogens (tertiary/aromatic N) is 2. The molecule has 0 aliphatic heterocycles. The summed E-state index contributed by atoms with van der Waals surface area (Å²) in [4.78, 5) is 8.60. The third kappa shape index (κ3) is 8.07. The third-order valence-corrected chi connectivity index (χ3v) is 6.36. The van der Waals surface area contributed by atoms with E-state index in [0.29, 0.717) is 17.8 Å². The smallest absolute Gasteiger partial charge is 0.219 e. The molecule has 2 nitrogen and oxygen atoms in total. The Labute approximate surface area is 199 Å². The highest BCUT2D eigenvalue weighted by molar-refractivity contribution is 5.67. The van der Waals surface area contributed by atoms with E-state index in [1.165, 1.54) is 62.5 Å². The zero-order chi connectivity index (χ0) is 23.3. The van der Waals surface area contributed by atoms with Crippen molar-refractivity contribution in [3.05, 3.63) is 71.8 Å². The first-order chi connectivity index (χ1) is 16.2. The highest BCUT2D eigenvalue weighted by Gasteiger charge is 2.09. The van der Waals surface area contributed by atoms with Crippen LogP contribution in [-0.2, 0) is 12.8 Å². The van der Waals surface area contributed by atoms with Crippen LogP contribution in [0.4, 0.5) is 4.39 Å². The number of aryl methyl sites for hydroxylation is 2. The minimum Gasteiger partial charge on any atom is -0.236 e. The summed E-state index contributed by atoms with van der Waals surface area (Å²) < 4.78 is 14.6. The Morgan fingerprint density at radius 1 is 0.606 bits per heavy atom. The molecule has 0 saturated heterocycles. The highest BCUT2D eigenvalue weighted by Crippen LogP contribution is 2.24. The van der Waals surface area contributed by atoms with Crippen molar-refractivity contribution >= 4 is 0 Å². The lowest BCUT2D eigenvalue weighted by Gasteiger charge is -2.07. The molecule has 0 atom stereocenters. The van der Waals surface area contributed by atoms with Crippen LogP contribution in [0.15, 0.2) is 54.7 Å². The van der Waals surface area contributed by atoms with Crippen LogP contribution in [0.3, 0.4) is 0 Å². The van der Waals surface area contributed by atoms with E-state index >= 15 is 0 Å². The van der Waals surface area contributed by atoms with E-state index in [4.69, 9.17) is 0 Å². The van der Waals surface area contributed by atoms with Gasteiger partial charge in [0.1, 0.15) is 0 Å². The molecule has 0 bridgehead atoms. The first-order valence-corrected chi connectivity index (χ1v) is 12.9. The average molecular weight is 447 g/mol. The molecule has 1 heterocycles. The van der Waals surface area contributed by atoms with Crippen molar-refractivity contribution < 1.29 is 4.39 Å². The maximum atomic E-state index is 14.6. The van der Waals surface area contributed by atoms with Gasteiger partial charge in [-0.2, -0.15) is 9.37 Å². The van der Waals surface area contributed by atoms with Crippen molar-refractivity contribution in [3.63, 3.8) is 0 Å². The molecule has 0 aliphatic rings. The zero-order valence-corrected chi connectivity index (χ0v) is 20.5. The fraction of sp³-hybridized carbons (Fsp3) is 0.467. The second kappa shape index (κ2) is 13.9. The van der Waals surface area contributed by atoms with E-state index < -0.39 is 0 Å². The summed E-state index contributed by atoms with van der Waals surface area (Å²) in [7, 11) is 0. The number of hydrogen-bond donors (Lipinski definition) is 0. The molecule has 176 valence electrons. The van der Waals surface area contributed by atoms with E-state index in [2.05, 4.69) is 60.2 Å². The second-order valence-corrected chi connectivity index (χ2v) is 9.11. The first kappa shape index (κ1) is 25.1. The molecule has 0 N–H and O–H groups in total. The fourth-order valence-corrected chi connectivity index (χ4v) is 4.22. The van der Waals surface area contributed by atoms with Crippen molar-refractivity contribution in [1.82, 2.24) is 9.97 Å². The van der Waals surface area contributed by atoms with Gasteiger partial charge in [0.2, 0.25) is 5.95 Å². The summed E-state index contributed by atoms with van der Waals surface area (Å²) in [6.07, 6.45) is 15.9. The van der Waals surface area contributed by atoms with Crippen LogP contribution in [0, 0.1) is 5.95 Å². The highest BCUT2D eigenvalue weighted by atomic mass is 19.1. The van der Waals surface area contributed by atoms with Gasteiger partial charge in [0.05, 0.1) is 0 Å². The first-order valence-electron chi connectivity index (χ1n) is 12.9. The molecule has 0 fully saturated rings. The zero-order valence-electron chi connectivity index (χ0n) is 20.5. The summed E-state index contributed by atoms with van der Waals surface area (Å²) >= 11 is 0. The molecule has 0 unspecified atom stereocenters. The van der Waals surface area contributed by atoms with Crippen LogP contribution < -0.4 is 0 Å². The summed E-state index contributed by atoms with van der Waals surface area (Å²) in [5.41, 5.74) is 5.20. The van der Waals surface area contributed by atoms with Gasteiger partial charge in [0, 0.05) is 17.3 Å². The van der Waals surface area contributed by atoms with Crippen molar-refractivity contribution in [1.29, 1.82) is 0 Å². The molecule has 0 radical (unpaired) electrons. The van der Waals surface area contributed by atoms with Gasteiger partial charge < -0.3 is 0 Å². The van der Waals surface area contributed by atoms with Crippen molar-refractivity contribution in [2.45, 2.75) is 90.9 Å². The van der Waals surface area contributed by atoms with Crippen molar-refractivity contribution in [2.75, 3.05) is 0 Å². The molecule has 3 aromatic rings. The molecule has 0 amide bonds. The van der Waals surface area contributed by atoms with Crippen LogP contribution in [0.5, 0.6) is 0 Å².